The van der Waals surface area contributed by atoms with Crippen molar-refractivity contribution in [2.45, 2.75) is 13.0 Å². The maximum Gasteiger partial charge on any atom is 0.214 e. The Balaban J connectivity index is 2.20. The number of nitrogens with zero attached hydrogens (tertiary/aromatic N) is 1. The second-order valence-electron chi connectivity index (χ2n) is 3.59. The van der Waals surface area contributed by atoms with E-state index < -0.39 is 10.0 Å². The van der Waals surface area contributed by atoms with Gasteiger partial charge in [0.25, 0.3) is 0 Å². The Morgan fingerprint density at radius 2 is 2.07 bits per heavy atom. The van der Waals surface area contributed by atoms with Crippen LogP contribution < -0.4 is 0 Å². The first kappa shape index (κ1) is 10.9. The lowest BCUT2D eigenvalue weighted by Gasteiger charge is -2.14. The van der Waals surface area contributed by atoms with Crippen LogP contribution in [0.5, 0.6) is 0 Å². The molecule has 0 saturated carbocycles. The van der Waals surface area contributed by atoms with Crippen molar-refractivity contribution in [1.29, 1.82) is 0 Å². The van der Waals surface area contributed by atoms with Gasteiger partial charge in [-0.15, -0.1) is 0 Å². The number of hydrogen-bond acceptors (Lipinski definition) is 2. The minimum absolute atomic E-state index is 0.261. The molecule has 0 bridgehead atoms. The molecule has 1 aliphatic rings. The van der Waals surface area contributed by atoms with Crippen LogP contribution in [0.2, 0.25) is 5.02 Å². The van der Waals surface area contributed by atoms with Crippen molar-refractivity contribution in [3.63, 3.8) is 0 Å². The van der Waals surface area contributed by atoms with Crippen molar-refractivity contribution in [2.75, 3.05) is 12.3 Å². The van der Waals surface area contributed by atoms with E-state index in [1.54, 1.807) is 6.07 Å². The summed E-state index contributed by atoms with van der Waals surface area (Å²) < 4.78 is 24.6. The predicted octanol–water partition coefficient (Wildman–Crippen LogP) is 1.88. The number of halogens is 1. The van der Waals surface area contributed by atoms with Crippen molar-refractivity contribution in [2.24, 2.45) is 0 Å². The van der Waals surface area contributed by atoms with Gasteiger partial charge in [0.2, 0.25) is 10.0 Å². The van der Waals surface area contributed by atoms with Crippen molar-refractivity contribution in [3.8, 4) is 0 Å². The van der Waals surface area contributed by atoms with Gasteiger partial charge in [0, 0.05) is 18.1 Å². The topological polar surface area (TPSA) is 37.4 Å². The van der Waals surface area contributed by atoms with Crippen LogP contribution in [0.15, 0.2) is 24.3 Å². The molecule has 1 aromatic rings. The fourth-order valence-corrected chi connectivity index (χ4v) is 3.38. The zero-order valence-corrected chi connectivity index (χ0v) is 9.76. The molecule has 1 aromatic carbocycles. The molecule has 0 aromatic heterocycles. The van der Waals surface area contributed by atoms with Gasteiger partial charge in [-0.2, -0.15) is 4.31 Å². The summed E-state index contributed by atoms with van der Waals surface area (Å²) in [4.78, 5) is 0. The molecule has 3 nitrogen and oxygen atoms in total. The first-order valence-corrected chi connectivity index (χ1v) is 6.79. The molecule has 0 atom stereocenters. The Kier molecular flexibility index (Phi) is 3.00. The normalized spacial score (nSPS) is 20.6. The lowest BCUT2D eigenvalue weighted by Crippen LogP contribution is -2.25. The van der Waals surface area contributed by atoms with Crippen LogP contribution in [0.3, 0.4) is 0 Å². The largest absolute Gasteiger partial charge is 0.214 e. The van der Waals surface area contributed by atoms with Gasteiger partial charge < -0.3 is 0 Å². The molecule has 1 fully saturated rings. The molecule has 1 aliphatic heterocycles. The average molecular weight is 246 g/mol. The van der Waals surface area contributed by atoms with Crippen LogP contribution in [-0.2, 0) is 16.6 Å². The molecule has 1 saturated heterocycles. The quantitative estimate of drug-likeness (QED) is 0.798. The number of hydrogen-bond donors (Lipinski definition) is 0. The highest BCUT2D eigenvalue weighted by Crippen LogP contribution is 2.21. The Morgan fingerprint density at radius 3 is 2.67 bits per heavy atom. The van der Waals surface area contributed by atoms with E-state index in [0.717, 1.165) is 5.56 Å². The number of rotatable bonds is 2. The van der Waals surface area contributed by atoms with Crippen LogP contribution in [0.1, 0.15) is 12.0 Å². The van der Waals surface area contributed by atoms with Crippen LogP contribution in [-0.4, -0.2) is 25.0 Å². The van der Waals surface area contributed by atoms with Crippen LogP contribution in [0.25, 0.3) is 0 Å². The second-order valence-corrected chi connectivity index (χ2v) is 6.09. The van der Waals surface area contributed by atoms with E-state index in [4.69, 9.17) is 11.6 Å². The smallest absolute Gasteiger partial charge is 0.212 e. The maximum absolute atomic E-state index is 11.6. The van der Waals surface area contributed by atoms with E-state index in [1.165, 1.54) is 4.31 Å². The van der Waals surface area contributed by atoms with Gasteiger partial charge in [-0.3, -0.25) is 0 Å². The molecule has 15 heavy (non-hydrogen) atoms. The average Bonchev–Trinajstić information content (AvgIpc) is 2.50. The van der Waals surface area contributed by atoms with Crippen LogP contribution in [0, 0.1) is 0 Å². The van der Waals surface area contributed by atoms with Gasteiger partial charge >= 0.3 is 0 Å². The monoisotopic (exact) mass is 245 g/mol. The van der Waals surface area contributed by atoms with Gasteiger partial charge in [0.1, 0.15) is 0 Å². The molecule has 0 amide bonds. The van der Waals surface area contributed by atoms with Gasteiger partial charge in [-0.25, -0.2) is 8.42 Å². The van der Waals surface area contributed by atoms with Crippen LogP contribution in [0.4, 0.5) is 0 Å². The maximum atomic E-state index is 11.6. The fraction of sp³-hybridized carbons (Fsp3) is 0.400. The third kappa shape index (κ3) is 2.33. The molecular formula is C10H12ClNO2S. The first-order valence-electron chi connectivity index (χ1n) is 4.81. The summed E-state index contributed by atoms with van der Waals surface area (Å²) in [7, 11) is -3.03. The summed E-state index contributed by atoms with van der Waals surface area (Å²) in [5.41, 5.74) is 0.865. The molecule has 2 rings (SSSR count). The highest BCUT2D eigenvalue weighted by atomic mass is 35.5. The van der Waals surface area contributed by atoms with E-state index in [0.29, 0.717) is 24.5 Å². The summed E-state index contributed by atoms with van der Waals surface area (Å²) in [5, 5.41) is 0.625. The molecule has 0 N–H and O–H groups in total. The molecular weight excluding hydrogens is 234 g/mol. The zero-order valence-electron chi connectivity index (χ0n) is 8.19. The second kappa shape index (κ2) is 4.12. The number of benzene rings is 1. The standard InChI is InChI=1S/C10H12ClNO2S/c11-10-5-2-1-4-9(10)8-12-6-3-7-15(12,13)14/h1-2,4-5H,3,6-8H2. The summed E-state index contributed by atoms with van der Waals surface area (Å²) in [6.45, 7) is 0.996. The van der Waals surface area contributed by atoms with E-state index in [-0.39, 0.29) is 5.75 Å². The highest BCUT2D eigenvalue weighted by molar-refractivity contribution is 7.89. The van der Waals surface area contributed by atoms with Gasteiger partial charge in [0.15, 0.2) is 0 Å². The number of sulfonamides is 1. The lowest BCUT2D eigenvalue weighted by atomic mass is 10.2. The summed E-state index contributed by atoms with van der Waals surface area (Å²) in [6, 6.07) is 7.34. The molecule has 5 heteroatoms. The molecule has 82 valence electrons. The summed E-state index contributed by atoms with van der Waals surface area (Å²) >= 11 is 5.97. The van der Waals surface area contributed by atoms with Crippen molar-refractivity contribution in [3.05, 3.63) is 34.9 Å². The lowest BCUT2D eigenvalue weighted by molar-refractivity contribution is 0.440. The third-order valence-corrected chi connectivity index (χ3v) is 4.78. The van der Waals surface area contributed by atoms with Gasteiger partial charge in [-0.05, 0) is 18.1 Å². The molecule has 0 unspecified atom stereocenters. The van der Waals surface area contributed by atoms with Crippen molar-refractivity contribution < 1.29 is 8.42 Å². The van der Waals surface area contributed by atoms with E-state index in [9.17, 15) is 8.42 Å². The van der Waals surface area contributed by atoms with Crippen molar-refractivity contribution >= 4 is 21.6 Å². The summed E-state index contributed by atoms with van der Waals surface area (Å²) in [6.07, 6.45) is 0.715. The van der Waals surface area contributed by atoms with E-state index in [1.807, 2.05) is 18.2 Å². The SMILES string of the molecule is O=S1(=O)CCCN1Cc1ccccc1Cl. The minimum Gasteiger partial charge on any atom is -0.212 e. The molecule has 1 heterocycles. The zero-order chi connectivity index (χ0) is 10.9. The molecule has 0 aliphatic carbocycles. The van der Waals surface area contributed by atoms with E-state index >= 15 is 0 Å². The Hall–Kier alpha value is -0.580. The van der Waals surface area contributed by atoms with E-state index in [2.05, 4.69) is 0 Å². The Labute approximate surface area is 94.7 Å². The summed E-state index contributed by atoms with van der Waals surface area (Å²) in [5.74, 6) is 0.261. The predicted molar refractivity (Wildman–Crippen MR) is 60.3 cm³/mol. The van der Waals surface area contributed by atoms with Crippen molar-refractivity contribution in [1.82, 2.24) is 4.31 Å². The minimum atomic E-state index is -3.03. The first-order chi connectivity index (χ1) is 7.09. The Morgan fingerprint density at radius 1 is 1.33 bits per heavy atom. The van der Waals surface area contributed by atoms with Crippen LogP contribution >= 0.6 is 11.6 Å². The Bertz CT molecular complexity index is 458. The van der Waals surface area contributed by atoms with Gasteiger partial charge in [0.05, 0.1) is 5.75 Å². The van der Waals surface area contributed by atoms with Gasteiger partial charge in [-0.1, -0.05) is 29.8 Å². The molecule has 0 radical (unpaired) electrons. The highest BCUT2D eigenvalue weighted by Gasteiger charge is 2.28. The fourth-order valence-electron chi connectivity index (χ4n) is 1.69. The molecule has 0 spiro atoms. The third-order valence-electron chi connectivity index (χ3n) is 2.51.